The molecule has 4 rings (SSSR count). The third-order valence-corrected chi connectivity index (χ3v) is 7.30. The molecule has 8 heteroatoms. The standard InChI is InChI=1S/C21H28N4O3S/c1-29(27,28)17-7-8-19-18(14-17)21(23-15-22-19)25-12-10-24(11-13-25)20(26)9-6-16-4-2-3-5-16/h7-8,14-16H,2-6,9-13H2,1H3. The molecule has 1 amide bonds. The largest absolute Gasteiger partial charge is 0.352 e. The lowest BCUT2D eigenvalue weighted by atomic mass is 10.0. The highest BCUT2D eigenvalue weighted by Crippen LogP contribution is 2.29. The maximum Gasteiger partial charge on any atom is 0.222 e. The topological polar surface area (TPSA) is 83.5 Å². The third kappa shape index (κ3) is 4.52. The van der Waals surface area contributed by atoms with Crippen molar-refractivity contribution in [3.05, 3.63) is 24.5 Å². The highest BCUT2D eigenvalue weighted by molar-refractivity contribution is 7.90. The van der Waals surface area contributed by atoms with E-state index in [-0.39, 0.29) is 10.8 Å². The predicted molar refractivity (Wildman–Crippen MR) is 113 cm³/mol. The van der Waals surface area contributed by atoms with E-state index in [1.807, 2.05) is 4.90 Å². The van der Waals surface area contributed by atoms with Gasteiger partial charge in [-0.25, -0.2) is 18.4 Å². The molecule has 0 unspecified atom stereocenters. The summed E-state index contributed by atoms with van der Waals surface area (Å²) in [6, 6.07) is 4.95. The molecule has 156 valence electrons. The fraction of sp³-hybridized carbons (Fsp3) is 0.571. The van der Waals surface area contributed by atoms with Gasteiger partial charge in [-0.05, 0) is 30.5 Å². The monoisotopic (exact) mass is 416 g/mol. The summed E-state index contributed by atoms with van der Waals surface area (Å²) in [6.07, 6.45) is 9.55. The van der Waals surface area contributed by atoms with Crippen LogP contribution in [0.25, 0.3) is 10.9 Å². The van der Waals surface area contributed by atoms with Crippen LogP contribution in [-0.4, -0.2) is 61.6 Å². The van der Waals surface area contributed by atoms with Gasteiger partial charge < -0.3 is 9.80 Å². The van der Waals surface area contributed by atoms with Crippen LogP contribution in [0.3, 0.4) is 0 Å². The molecule has 7 nitrogen and oxygen atoms in total. The summed E-state index contributed by atoms with van der Waals surface area (Å²) in [5, 5.41) is 0.733. The molecule has 1 aromatic heterocycles. The highest BCUT2D eigenvalue weighted by atomic mass is 32.2. The second-order valence-corrected chi connectivity index (χ2v) is 10.2. The van der Waals surface area contributed by atoms with Crippen molar-refractivity contribution in [3.8, 4) is 0 Å². The molecule has 2 fully saturated rings. The van der Waals surface area contributed by atoms with Gasteiger partial charge in [0.2, 0.25) is 5.91 Å². The van der Waals surface area contributed by atoms with Gasteiger partial charge in [0.1, 0.15) is 12.1 Å². The summed E-state index contributed by atoms with van der Waals surface area (Å²) in [4.78, 5) is 25.6. The van der Waals surface area contributed by atoms with Crippen LogP contribution >= 0.6 is 0 Å². The minimum Gasteiger partial charge on any atom is -0.352 e. The van der Waals surface area contributed by atoms with Crippen LogP contribution in [0, 0.1) is 5.92 Å². The highest BCUT2D eigenvalue weighted by Gasteiger charge is 2.24. The number of hydrogen-bond acceptors (Lipinski definition) is 6. The summed E-state index contributed by atoms with van der Waals surface area (Å²) < 4.78 is 23.9. The van der Waals surface area contributed by atoms with Gasteiger partial charge in [0.05, 0.1) is 10.4 Å². The molecule has 2 heterocycles. The summed E-state index contributed by atoms with van der Waals surface area (Å²) in [7, 11) is -3.30. The van der Waals surface area contributed by atoms with E-state index in [0.717, 1.165) is 29.1 Å². The number of amides is 1. The van der Waals surface area contributed by atoms with Crippen molar-refractivity contribution in [2.24, 2.45) is 5.92 Å². The maximum absolute atomic E-state index is 12.6. The Hall–Kier alpha value is -2.22. The molecule has 0 spiro atoms. The summed E-state index contributed by atoms with van der Waals surface area (Å²) in [5.41, 5.74) is 0.720. The molecule has 29 heavy (non-hydrogen) atoms. The van der Waals surface area contributed by atoms with E-state index >= 15 is 0 Å². The first-order chi connectivity index (χ1) is 13.9. The Kier molecular flexibility index (Phi) is 5.72. The molecule has 0 N–H and O–H groups in total. The van der Waals surface area contributed by atoms with Crippen molar-refractivity contribution in [1.82, 2.24) is 14.9 Å². The van der Waals surface area contributed by atoms with Gasteiger partial charge in [-0.1, -0.05) is 25.7 Å². The lowest BCUT2D eigenvalue weighted by Crippen LogP contribution is -2.49. The number of benzene rings is 1. The van der Waals surface area contributed by atoms with Crippen LogP contribution in [0.5, 0.6) is 0 Å². The van der Waals surface area contributed by atoms with Crippen LogP contribution in [0.4, 0.5) is 5.82 Å². The van der Waals surface area contributed by atoms with Crippen molar-refractivity contribution in [2.75, 3.05) is 37.3 Å². The minimum atomic E-state index is -3.30. The fourth-order valence-electron chi connectivity index (χ4n) is 4.46. The number of aromatic nitrogens is 2. The van der Waals surface area contributed by atoms with Gasteiger partial charge in [0.15, 0.2) is 9.84 Å². The second kappa shape index (κ2) is 8.26. The number of anilines is 1. The number of piperazine rings is 1. The predicted octanol–water partition coefficient (Wildman–Crippen LogP) is 2.65. The SMILES string of the molecule is CS(=O)(=O)c1ccc2ncnc(N3CCN(C(=O)CCC4CCCC4)CC3)c2c1. The molecule has 1 aliphatic carbocycles. The normalized spacial score (nSPS) is 18.5. The zero-order chi connectivity index (χ0) is 20.4. The van der Waals surface area contributed by atoms with Crippen molar-refractivity contribution >= 4 is 32.5 Å². The number of fused-ring (bicyclic) bond motifs is 1. The van der Waals surface area contributed by atoms with E-state index in [9.17, 15) is 13.2 Å². The minimum absolute atomic E-state index is 0.253. The maximum atomic E-state index is 12.6. The number of nitrogens with zero attached hydrogens (tertiary/aromatic N) is 4. The Balaban J connectivity index is 1.44. The van der Waals surface area contributed by atoms with E-state index in [4.69, 9.17) is 0 Å². The van der Waals surface area contributed by atoms with Crippen LogP contribution in [0.15, 0.2) is 29.4 Å². The fourth-order valence-corrected chi connectivity index (χ4v) is 5.10. The second-order valence-electron chi connectivity index (χ2n) is 8.21. The lowest BCUT2D eigenvalue weighted by Gasteiger charge is -2.36. The van der Waals surface area contributed by atoms with Gasteiger partial charge in [-0.2, -0.15) is 0 Å². The molecular formula is C21H28N4O3S. The molecule has 0 bridgehead atoms. The Labute approximate surface area is 172 Å². The van der Waals surface area contributed by atoms with Crippen molar-refractivity contribution in [1.29, 1.82) is 0 Å². The average Bonchev–Trinajstić information content (AvgIpc) is 3.24. The Morgan fingerprint density at radius 1 is 1.10 bits per heavy atom. The van der Waals surface area contributed by atoms with Gasteiger partial charge in [0, 0.05) is 44.2 Å². The number of hydrogen-bond donors (Lipinski definition) is 0. The first-order valence-electron chi connectivity index (χ1n) is 10.4. The van der Waals surface area contributed by atoms with E-state index in [1.54, 1.807) is 18.2 Å². The van der Waals surface area contributed by atoms with Gasteiger partial charge in [-0.15, -0.1) is 0 Å². The van der Waals surface area contributed by atoms with Crippen LogP contribution in [-0.2, 0) is 14.6 Å². The first-order valence-corrected chi connectivity index (χ1v) is 12.3. The summed E-state index contributed by atoms with van der Waals surface area (Å²) in [5.74, 6) is 1.72. The average molecular weight is 417 g/mol. The number of carbonyl (C=O) groups excluding carboxylic acids is 1. The van der Waals surface area contributed by atoms with Crippen molar-refractivity contribution in [3.63, 3.8) is 0 Å². The Morgan fingerprint density at radius 3 is 2.52 bits per heavy atom. The molecule has 0 radical (unpaired) electrons. The molecular weight excluding hydrogens is 388 g/mol. The number of carbonyl (C=O) groups is 1. The quantitative estimate of drug-likeness (QED) is 0.745. The smallest absolute Gasteiger partial charge is 0.222 e. The van der Waals surface area contributed by atoms with Crippen LogP contribution in [0.1, 0.15) is 38.5 Å². The molecule has 1 saturated heterocycles. The Morgan fingerprint density at radius 2 is 1.83 bits per heavy atom. The van der Waals surface area contributed by atoms with Gasteiger partial charge >= 0.3 is 0 Å². The molecule has 2 aromatic rings. The zero-order valence-corrected chi connectivity index (χ0v) is 17.7. The van der Waals surface area contributed by atoms with Crippen LogP contribution in [0.2, 0.25) is 0 Å². The molecule has 1 saturated carbocycles. The van der Waals surface area contributed by atoms with E-state index in [0.29, 0.717) is 32.6 Å². The molecule has 1 aliphatic heterocycles. The zero-order valence-electron chi connectivity index (χ0n) is 16.9. The first kappa shape index (κ1) is 20.1. The summed E-state index contributed by atoms with van der Waals surface area (Å²) in [6.45, 7) is 2.70. The van der Waals surface area contributed by atoms with Crippen molar-refractivity contribution < 1.29 is 13.2 Å². The van der Waals surface area contributed by atoms with E-state index in [2.05, 4.69) is 14.9 Å². The molecule has 0 atom stereocenters. The number of sulfone groups is 1. The van der Waals surface area contributed by atoms with Gasteiger partial charge in [0.25, 0.3) is 0 Å². The number of rotatable bonds is 5. The molecule has 2 aliphatic rings. The van der Waals surface area contributed by atoms with E-state index in [1.165, 1.54) is 38.3 Å². The lowest BCUT2D eigenvalue weighted by molar-refractivity contribution is -0.131. The van der Waals surface area contributed by atoms with Crippen LogP contribution < -0.4 is 4.90 Å². The third-order valence-electron chi connectivity index (χ3n) is 6.19. The van der Waals surface area contributed by atoms with E-state index < -0.39 is 9.84 Å². The van der Waals surface area contributed by atoms with Crippen molar-refractivity contribution in [2.45, 2.75) is 43.4 Å². The van der Waals surface area contributed by atoms with Gasteiger partial charge in [-0.3, -0.25) is 4.79 Å². The summed E-state index contributed by atoms with van der Waals surface area (Å²) >= 11 is 0. The Bertz CT molecular complexity index is 994. The molecule has 1 aromatic carbocycles.